The monoisotopic (exact) mass is 150 g/mol. The minimum absolute atomic E-state index is 1.05. The molecule has 2 heteroatoms. The zero-order valence-corrected chi connectivity index (χ0v) is 6.93. The topological polar surface area (TPSA) is 15.3 Å². The Balaban J connectivity index is 2.19. The molecule has 60 valence electrons. The molecule has 2 aliphatic heterocycles. The van der Waals surface area contributed by atoms with Crippen LogP contribution in [0.15, 0.2) is 23.4 Å². The van der Waals surface area contributed by atoms with E-state index >= 15 is 0 Å². The lowest BCUT2D eigenvalue weighted by molar-refractivity contribution is 0.345. The molecule has 0 bridgehead atoms. The molecule has 11 heavy (non-hydrogen) atoms. The van der Waals surface area contributed by atoms with Gasteiger partial charge in [0.2, 0.25) is 0 Å². The number of allylic oxidation sites excluding steroid dienone is 1. The van der Waals surface area contributed by atoms with E-state index in [4.69, 9.17) is 0 Å². The number of nitrogens with zero attached hydrogens (tertiary/aromatic N) is 1. The van der Waals surface area contributed by atoms with Gasteiger partial charge in [0.05, 0.1) is 0 Å². The van der Waals surface area contributed by atoms with Crippen molar-refractivity contribution in [3.63, 3.8) is 0 Å². The third-order valence-corrected chi connectivity index (χ3v) is 2.40. The third-order valence-electron chi connectivity index (χ3n) is 2.40. The van der Waals surface area contributed by atoms with Crippen molar-refractivity contribution < 1.29 is 0 Å². The summed E-state index contributed by atoms with van der Waals surface area (Å²) in [5.74, 6) is 0. The highest BCUT2D eigenvalue weighted by atomic mass is 15.1. The second kappa shape index (κ2) is 2.70. The van der Waals surface area contributed by atoms with E-state index in [1.165, 1.54) is 13.0 Å². The summed E-state index contributed by atoms with van der Waals surface area (Å²) in [6, 6.07) is 0. The molecule has 2 heterocycles. The first-order chi connectivity index (χ1) is 5.36. The van der Waals surface area contributed by atoms with Crippen LogP contribution >= 0.6 is 0 Å². The average Bonchev–Trinajstić information content (AvgIpc) is 2.04. The van der Waals surface area contributed by atoms with E-state index in [2.05, 4.69) is 29.5 Å². The third kappa shape index (κ3) is 1.31. The number of hydrogen-bond donors (Lipinski definition) is 1. The molecular formula is C9H14N2. The summed E-state index contributed by atoms with van der Waals surface area (Å²) in [7, 11) is 2.18. The molecule has 0 fully saturated rings. The molecule has 0 atom stereocenters. The van der Waals surface area contributed by atoms with Crippen LogP contribution in [0.1, 0.15) is 6.42 Å². The van der Waals surface area contributed by atoms with Crippen LogP contribution in [0.3, 0.4) is 0 Å². The van der Waals surface area contributed by atoms with Crippen LogP contribution < -0.4 is 5.32 Å². The molecule has 1 N–H and O–H groups in total. The van der Waals surface area contributed by atoms with E-state index in [0.717, 1.165) is 13.1 Å². The fourth-order valence-electron chi connectivity index (χ4n) is 1.71. The Morgan fingerprint density at radius 1 is 1.55 bits per heavy atom. The van der Waals surface area contributed by atoms with Crippen LogP contribution in [0.5, 0.6) is 0 Å². The van der Waals surface area contributed by atoms with Crippen molar-refractivity contribution in [1.82, 2.24) is 10.2 Å². The fourth-order valence-corrected chi connectivity index (χ4v) is 1.71. The highest BCUT2D eigenvalue weighted by Gasteiger charge is 2.15. The van der Waals surface area contributed by atoms with Crippen molar-refractivity contribution in [1.29, 1.82) is 0 Å². The van der Waals surface area contributed by atoms with Crippen molar-refractivity contribution in [2.45, 2.75) is 6.42 Å². The first-order valence-corrected chi connectivity index (χ1v) is 4.15. The summed E-state index contributed by atoms with van der Waals surface area (Å²) in [6.07, 6.45) is 5.50. The van der Waals surface area contributed by atoms with Crippen LogP contribution in [0.4, 0.5) is 0 Å². The molecule has 0 aromatic heterocycles. The summed E-state index contributed by atoms with van der Waals surface area (Å²) in [6.45, 7) is 3.41. The van der Waals surface area contributed by atoms with E-state index in [9.17, 15) is 0 Å². The van der Waals surface area contributed by atoms with Crippen LogP contribution in [-0.2, 0) is 0 Å². The van der Waals surface area contributed by atoms with Crippen molar-refractivity contribution in [3.05, 3.63) is 23.4 Å². The lowest BCUT2D eigenvalue weighted by atomic mass is 9.98. The Kier molecular flexibility index (Phi) is 1.70. The molecule has 2 nitrogen and oxygen atoms in total. The maximum Gasteiger partial charge on any atom is 0.0373 e. The predicted molar refractivity (Wildman–Crippen MR) is 46.3 cm³/mol. The molecule has 0 aliphatic carbocycles. The van der Waals surface area contributed by atoms with Gasteiger partial charge in [0.1, 0.15) is 0 Å². The van der Waals surface area contributed by atoms with E-state index in [1.54, 1.807) is 11.1 Å². The zero-order chi connectivity index (χ0) is 7.68. The summed E-state index contributed by atoms with van der Waals surface area (Å²) in [5, 5.41) is 3.24. The SMILES string of the molecule is CN1CCC2=C(CNC=C2)C1. The largest absolute Gasteiger partial charge is 0.387 e. The molecule has 0 radical (unpaired) electrons. The lowest BCUT2D eigenvalue weighted by Crippen LogP contribution is -2.32. The summed E-state index contributed by atoms with van der Waals surface area (Å²) in [4.78, 5) is 2.37. The Morgan fingerprint density at radius 3 is 3.36 bits per heavy atom. The maximum atomic E-state index is 3.24. The quantitative estimate of drug-likeness (QED) is 0.548. The normalized spacial score (nSPS) is 24.8. The van der Waals surface area contributed by atoms with Gasteiger partial charge in [0.15, 0.2) is 0 Å². The summed E-state index contributed by atoms with van der Waals surface area (Å²) in [5.41, 5.74) is 3.13. The van der Waals surface area contributed by atoms with Gasteiger partial charge in [-0.15, -0.1) is 0 Å². The van der Waals surface area contributed by atoms with E-state index in [-0.39, 0.29) is 0 Å². The Bertz CT molecular complexity index is 216. The lowest BCUT2D eigenvalue weighted by Gasteiger charge is -2.28. The second-order valence-electron chi connectivity index (χ2n) is 3.33. The molecule has 0 unspecified atom stereocenters. The van der Waals surface area contributed by atoms with Gasteiger partial charge in [-0.2, -0.15) is 0 Å². The Labute approximate surface area is 67.6 Å². The number of likely N-dealkylation sites (N-methyl/N-ethyl adjacent to an activating group) is 1. The van der Waals surface area contributed by atoms with Gasteiger partial charge in [-0.3, -0.25) is 0 Å². The van der Waals surface area contributed by atoms with E-state index < -0.39 is 0 Å². The molecule has 0 saturated heterocycles. The van der Waals surface area contributed by atoms with Crippen molar-refractivity contribution in [2.75, 3.05) is 26.7 Å². The summed E-state index contributed by atoms with van der Waals surface area (Å²) >= 11 is 0. The van der Waals surface area contributed by atoms with Crippen molar-refractivity contribution in [2.24, 2.45) is 0 Å². The highest BCUT2D eigenvalue weighted by molar-refractivity contribution is 5.32. The van der Waals surface area contributed by atoms with E-state index in [0.29, 0.717) is 0 Å². The molecular weight excluding hydrogens is 136 g/mol. The molecule has 0 aromatic rings. The van der Waals surface area contributed by atoms with Gasteiger partial charge in [-0.25, -0.2) is 0 Å². The zero-order valence-electron chi connectivity index (χ0n) is 6.93. The summed E-state index contributed by atoms with van der Waals surface area (Å²) < 4.78 is 0. The Morgan fingerprint density at radius 2 is 2.45 bits per heavy atom. The highest BCUT2D eigenvalue weighted by Crippen LogP contribution is 2.19. The predicted octanol–water partition coefficient (Wildman–Crippen LogP) is 0.735. The van der Waals surface area contributed by atoms with Gasteiger partial charge in [0, 0.05) is 19.6 Å². The molecule has 2 rings (SSSR count). The van der Waals surface area contributed by atoms with Gasteiger partial charge >= 0.3 is 0 Å². The smallest absolute Gasteiger partial charge is 0.0373 e. The number of hydrogen-bond acceptors (Lipinski definition) is 2. The first-order valence-electron chi connectivity index (χ1n) is 4.15. The second-order valence-corrected chi connectivity index (χ2v) is 3.33. The number of nitrogens with one attached hydrogen (secondary N) is 1. The van der Waals surface area contributed by atoms with Crippen LogP contribution in [0, 0.1) is 0 Å². The number of dihydropyridines is 1. The standard InChI is InChI=1S/C9H14N2/c1-11-5-3-8-2-4-10-6-9(8)7-11/h2,4,10H,3,5-7H2,1H3. The molecule has 0 aromatic carbocycles. The average molecular weight is 150 g/mol. The van der Waals surface area contributed by atoms with Gasteiger partial charge in [-0.05, 0) is 36.9 Å². The minimum atomic E-state index is 1.05. The molecule has 0 spiro atoms. The molecule has 2 aliphatic rings. The maximum absolute atomic E-state index is 3.24. The van der Waals surface area contributed by atoms with Crippen molar-refractivity contribution >= 4 is 0 Å². The molecule has 0 amide bonds. The fraction of sp³-hybridized carbons (Fsp3) is 0.556. The van der Waals surface area contributed by atoms with Gasteiger partial charge < -0.3 is 10.2 Å². The van der Waals surface area contributed by atoms with Crippen LogP contribution in [-0.4, -0.2) is 31.6 Å². The van der Waals surface area contributed by atoms with Gasteiger partial charge in [0.25, 0.3) is 0 Å². The first kappa shape index (κ1) is 6.92. The van der Waals surface area contributed by atoms with Crippen molar-refractivity contribution in [3.8, 4) is 0 Å². The van der Waals surface area contributed by atoms with E-state index in [1.807, 2.05) is 0 Å². The van der Waals surface area contributed by atoms with Gasteiger partial charge in [-0.1, -0.05) is 0 Å². The Hall–Kier alpha value is -0.760. The number of rotatable bonds is 0. The van der Waals surface area contributed by atoms with Crippen LogP contribution in [0.25, 0.3) is 0 Å². The molecule has 0 saturated carbocycles. The van der Waals surface area contributed by atoms with Crippen LogP contribution in [0.2, 0.25) is 0 Å². The minimum Gasteiger partial charge on any atom is -0.387 e.